The van der Waals surface area contributed by atoms with Gasteiger partial charge in [-0.3, -0.25) is 9.59 Å². The third kappa shape index (κ3) is 3.48. The van der Waals surface area contributed by atoms with Crippen molar-refractivity contribution in [2.45, 2.75) is 20.3 Å². The van der Waals surface area contributed by atoms with Gasteiger partial charge in [0.25, 0.3) is 0 Å². The number of amides is 2. The molecule has 1 aliphatic heterocycles. The Bertz CT molecular complexity index is 258. The van der Waals surface area contributed by atoms with Gasteiger partial charge in [-0.1, -0.05) is 13.8 Å². The van der Waals surface area contributed by atoms with Crippen LogP contribution in [-0.2, 0) is 9.59 Å². The average molecular weight is 227 g/mol. The van der Waals surface area contributed by atoms with Crippen LogP contribution in [0.2, 0.25) is 0 Å². The summed E-state index contributed by atoms with van der Waals surface area (Å²) in [5, 5.41) is 0. The van der Waals surface area contributed by atoms with E-state index in [1.807, 2.05) is 18.7 Å². The first kappa shape index (κ1) is 13.0. The van der Waals surface area contributed by atoms with E-state index in [-0.39, 0.29) is 11.3 Å². The summed E-state index contributed by atoms with van der Waals surface area (Å²) >= 11 is 0. The Hall–Kier alpha value is -1.10. The Morgan fingerprint density at radius 1 is 1.31 bits per heavy atom. The minimum absolute atomic E-state index is 0.140. The molecule has 5 nitrogen and oxygen atoms in total. The molecule has 0 aromatic carbocycles. The molecule has 1 fully saturated rings. The molecule has 2 N–H and O–H groups in total. The fourth-order valence-corrected chi connectivity index (χ4v) is 1.67. The zero-order chi connectivity index (χ0) is 12.2. The van der Waals surface area contributed by atoms with Crippen LogP contribution in [0.4, 0.5) is 0 Å². The van der Waals surface area contributed by atoms with Crippen LogP contribution in [0, 0.1) is 5.41 Å². The summed E-state index contributed by atoms with van der Waals surface area (Å²) in [5.41, 5.74) is 5.46. The Labute approximate surface area is 96.6 Å². The van der Waals surface area contributed by atoms with E-state index in [1.165, 1.54) is 0 Å². The highest BCUT2D eigenvalue weighted by atomic mass is 16.2. The molecule has 1 rings (SSSR count). The van der Waals surface area contributed by atoms with Crippen molar-refractivity contribution in [3.05, 3.63) is 0 Å². The van der Waals surface area contributed by atoms with Crippen molar-refractivity contribution in [1.29, 1.82) is 0 Å². The van der Waals surface area contributed by atoms with Gasteiger partial charge in [-0.15, -0.1) is 0 Å². The lowest BCUT2D eigenvalue weighted by molar-refractivity contribution is -0.136. The third-order valence-electron chi connectivity index (χ3n) is 3.00. The fourth-order valence-electron chi connectivity index (χ4n) is 1.67. The summed E-state index contributed by atoms with van der Waals surface area (Å²) in [5.74, 6) is 0.140. The summed E-state index contributed by atoms with van der Waals surface area (Å²) in [7, 11) is 0. The highest BCUT2D eigenvalue weighted by molar-refractivity contribution is 5.77. The van der Waals surface area contributed by atoms with Gasteiger partial charge >= 0.3 is 0 Å². The zero-order valence-electron chi connectivity index (χ0n) is 10.1. The van der Waals surface area contributed by atoms with E-state index in [2.05, 4.69) is 0 Å². The van der Waals surface area contributed by atoms with Crippen molar-refractivity contribution in [3.63, 3.8) is 0 Å². The number of hydrogen-bond acceptors (Lipinski definition) is 3. The van der Waals surface area contributed by atoms with Crippen LogP contribution in [0.25, 0.3) is 0 Å². The SMILES string of the molecule is CC(C)(CN)CC(=O)N1CCN(C=O)CC1. The second-order valence-corrected chi connectivity index (χ2v) is 5.07. The van der Waals surface area contributed by atoms with Gasteiger partial charge in [-0.05, 0) is 12.0 Å². The first-order valence-corrected chi connectivity index (χ1v) is 5.66. The normalized spacial score (nSPS) is 17.4. The molecule has 1 saturated heterocycles. The van der Waals surface area contributed by atoms with Gasteiger partial charge < -0.3 is 15.5 Å². The molecule has 1 aliphatic rings. The molecule has 16 heavy (non-hydrogen) atoms. The van der Waals surface area contributed by atoms with E-state index < -0.39 is 0 Å². The highest BCUT2D eigenvalue weighted by Gasteiger charge is 2.26. The number of carbonyl (C=O) groups excluding carboxylic acids is 2. The molecule has 0 spiro atoms. The van der Waals surface area contributed by atoms with Crippen LogP contribution in [0.1, 0.15) is 20.3 Å². The maximum absolute atomic E-state index is 11.9. The van der Waals surface area contributed by atoms with Crippen molar-refractivity contribution in [3.8, 4) is 0 Å². The van der Waals surface area contributed by atoms with E-state index in [9.17, 15) is 9.59 Å². The van der Waals surface area contributed by atoms with Crippen molar-refractivity contribution < 1.29 is 9.59 Å². The van der Waals surface area contributed by atoms with Crippen LogP contribution in [0.3, 0.4) is 0 Å². The lowest BCUT2D eigenvalue weighted by atomic mass is 9.89. The molecule has 0 aliphatic carbocycles. The largest absolute Gasteiger partial charge is 0.342 e. The van der Waals surface area contributed by atoms with E-state index in [0.717, 1.165) is 6.41 Å². The lowest BCUT2D eigenvalue weighted by Crippen LogP contribution is -2.49. The summed E-state index contributed by atoms with van der Waals surface area (Å²) in [6, 6.07) is 0. The predicted molar refractivity (Wildman–Crippen MR) is 61.7 cm³/mol. The monoisotopic (exact) mass is 227 g/mol. The molecule has 0 radical (unpaired) electrons. The van der Waals surface area contributed by atoms with Crippen LogP contribution in [0.5, 0.6) is 0 Å². The Balaban J connectivity index is 2.42. The van der Waals surface area contributed by atoms with Gasteiger partial charge in [-0.25, -0.2) is 0 Å². The number of hydrogen-bond donors (Lipinski definition) is 1. The summed E-state index contributed by atoms with van der Waals surface area (Å²) in [6.45, 7) is 7.04. The molecule has 0 unspecified atom stereocenters. The number of rotatable bonds is 4. The lowest BCUT2D eigenvalue weighted by Gasteiger charge is -2.34. The molecule has 0 bridgehead atoms. The second-order valence-electron chi connectivity index (χ2n) is 5.07. The summed E-state index contributed by atoms with van der Waals surface area (Å²) < 4.78 is 0. The van der Waals surface area contributed by atoms with Crippen molar-refractivity contribution >= 4 is 12.3 Å². The first-order valence-electron chi connectivity index (χ1n) is 5.66. The molecule has 92 valence electrons. The van der Waals surface area contributed by atoms with E-state index in [0.29, 0.717) is 39.1 Å². The van der Waals surface area contributed by atoms with Gasteiger partial charge in [0.1, 0.15) is 0 Å². The maximum Gasteiger partial charge on any atom is 0.223 e. The minimum Gasteiger partial charge on any atom is -0.342 e. The molecule has 0 aromatic heterocycles. The Morgan fingerprint density at radius 2 is 1.88 bits per heavy atom. The van der Waals surface area contributed by atoms with Gasteiger partial charge in [0, 0.05) is 32.6 Å². The molecular formula is C11H21N3O2. The van der Waals surface area contributed by atoms with Crippen molar-refractivity contribution in [1.82, 2.24) is 9.80 Å². The topological polar surface area (TPSA) is 66.6 Å². The van der Waals surface area contributed by atoms with Crippen LogP contribution < -0.4 is 5.73 Å². The number of nitrogens with zero attached hydrogens (tertiary/aromatic N) is 2. The second kappa shape index (κ2) is 5.30. The quantitative estimate of drug-likeness (QED) is 0.668. The average Bonchev–Trinajstić information content (AvgIpc) is 2.28. The molecule has 0 saturated carbocycles. The number of carbonyl (C=O) groups is 2. The van der Waals surface area contributed by atoms with Gasteiger partial charge in [-0.2, -0.15) is 0 Å². The van der Waals surface area contributed by atoms with E-state index in [1.54, 1.807) is 4.90 Å². The minimum atomic E-state index is -0.140. The maximum atomic E-state index is 11.9. The van der Waals surface area contributed by atoms with Crippen LogP contribution in [-0.4, -0.2) is 54.8 Å². The highest BCUT2D eigenvalue weighted by Crippen LogP contribution is 2.19. The molecule has 0 aromatic rings. The van der Waals surface area contributed by atoms with E-state index >= 15 is 0 Å². The zero-order valence-corrected chi connectivity index (χ0v) is 10.1. The predicted octanol–water partition coefficient (Wildman–Crippen LogP) is -0.338. The Morgan fingerprint density at radius 3 is 2.31 bits per heavy atom. The standard InChI is InChI=1S/C11H21N3O2/c1-11(2,8-12)7-10(16)14-5-3-13(9-15)4-6-14/h9H,3-8,12H2,1-2H3. The van der Waals surface area contributed by atoms with Crippen LogP contribution in [0.15, 0.2) is 0 Å². The third-order valence-corrected chi connectivity index (χ3v) is 3.00. The first-order chi connectivity index (χ1) is 7.48. The molecule has 1 heterocycles. The van der Waals surface area contributed by atoms with Gasteiger partial charge in [0.15, 0.2) is 0 Å². The molecule has 5 heteroatoms. The van der Waals surface area contributed by atoms with E-state index in [4.69, 9.17) is 5.73 Å². The summed E-state index contributed by atoms with van der Waals surface area (Å²) in [6.07, 6.45) is 1.32. The number of piperazine rings is 1. The summed E-state index contributed by atoms with van der Waals surface area (Å²) in [4.78, 5) is 26.0. The smallest absolute Gasteiger partial charge is 0.223 e. The number of nitrogens with two attached hydrogens (primary N) is 1. The van der Waals surface area contributed by atoms with Gasteiger partial charge in [0.2, 0.25) is 12.3 Å². The van der Waals surface area contributed by atoms with Crippen molar-refractivity contribution in [2.24, 2.45) is 11.1 Å². The van der Waals surface area contributed by atoms with Crippen LogP contribution >= 0.6 is 0 Å². The molecule has 0 atom stereocenters. The molecule has 2 amide bonds. The van der Waals surface area contributed by atoms with Gasteiger partial charge in [0.05, 0.1) is 0 Å². The fraction of sp³-hybridized carbons (Fsp3) is 0.818. The van der Waals surface area contributed by atoms with Crippen molar-refractivity contribution in [2.75, 3.05) is 32.7 Å². The molecular weight excluding hydrogens is 206 g/mol. The Kier molecular flexibility index (Phi) is 4.29.